The molecule has 24 nitrogen and oxygen atoms in total. The van der Waals surface area contributed by atoms with Gasteiger partial charge in [0.15, 0.2) is 29.6 Å². The van der Waals surface area contributed by atoms with Gasteiger partial charge in [0.1, 0.15) is 5.00 Å². The summed E-state index contributed by atoms with van der Waals surface area (Å²) in [6, 6.07) is 93.5. The van der Waals surface area contributed by atoms with Gasteiger partial charge < -0.3 is 61.9 Å². The van der Waals surface area contributed by atoms with E-state index in [9.17, 15) is 33.6 Å². The first-order valence-electron chi connectivity index (χ1n) is 37.4. The van der Waals surface area contributed by atoms with Gasteiger partial charge in [-0.25, -0.2) is 4.85 Å². The quantitative estimate of drug-likeness (QED) is 0.00967. The number of nitrogens with zero attached hydrogens (tertiary/aromatic N) is 13. The van der Waals surface area contributed by atoms with E-state index in [1.165, 1.54) is 30.1 Å². The van der Waals surface area contributed by atoms with Crippen LogP contribution in [0.4, 0.5) is 10.7 Å². The van der Waals surface area contributed by atoms with Crippen molar-refractivity contribution in [2.75, 3.05) is 17.0 Å². The summed E-state index contributed by atoms with van der Waals surface area (Å²) in [7, 11) is 0. The second-order valence-corrected chi connectivity index (χ2v) is 27.6. The van der Waals surface area contributed by atoms with E-state index in [2.05, 4.69) is 87.9 Å². The molecule has 10 heterocycles. The average molecular weight is 1960 g/mol. The van der Waals surface area contributed by atoms with Crippen LogP contribution in [-0.4, -0.2) is 141 Å². The van der Waals surface area contributed by atoms with Crippen molar-refractivity contribution in [1.29, 1.82) is 31.6 Å². The number of fused-ring (bicyclic) bond motifs is 4. The summed E-state index contributed by atoms with van der Waals surface area (Å²) < 4.78 is 13.6. The minimum Gasteiger partial charge on any atom is -1.00 e. The number of ketones is 6. The van der Waals surface area contributed by atoms with Crippen LogP contribution >= 0.6 is 39.1 Å². The van der Waals surface area contributed by atoms with Crippen LogP contribution in [0.2, 0.25) is 0 Å². The van der Waals surface area contributed by atoms with E-state index in [-0.39, 0.29) is 201 Å². The number of rotatable bonds is 18. The van der Waals surface area contributed by atoms with Crippen LogP contribution in [0.25, 0.3) is 26.9 Å². The second kappa shape index (κ2) is 60.9. The van der Waals surface area contributed by atoms with Crippen LogP contribution < -0.4 is 113 Å². The second-order valence-electron chi connectivity index (χ2n) is 26.2. The van der Waals surface area contributed by atoms with Gasteiger partial charge in [-0.1, -0.05) is 102 Å². The maximum absolute atomic E-state index is 12.8. The molecule has 0 bridgehead atoms. The van der Waals surface area contributed by atoms with E-state index < -0.39 is 11.7 Å². The predicted octanol–water partition coefficient (Wildman–Crippen LogP) is 8.49. The Hall–Kier alpha value is -11.9. The zero-order valence-corrected chi connectivity index (χ0v) is 83.9. The maximum atomic E-state index is 12.8. The van der Waals surface area contributed by atoms with Crippen LogP contribution in [0.5, 0.6) is 0 Å². The fraction of sp³-hybridized carbons (Fsp3) is 0.0808. The summed E-state index contributed by atoms with van der Waals surface area (Å²) in [6.45, 7) is 14.9. The van der Waals surface area contributed by atoms with Crippen molar-refractivity contribution in [2.45, 2.75) is 40.7 Å². The summed E-state index contributed by atoms with van der Waals surface area (Å²) in [5.41, 5.74) is 16.5. The summed E-state index contributed by atoms with van der Waals surface area (Å²) in [6.07, 6.45) is 14.2. The molecule has 10 aromatic heterocycles. The summed E-state index contributed by atoms with van der Waals surface area (Å²) in [4.78, 5) is 99.6. The number of amides is 1. The van der Waals surface area contributed by atoms with Crippen molar-refractivity contribution in [3.05, 3.63) is 435 Å². The van der Waals surface area contributed by atoms with E-state index in [1.54, 1.807) is 138 Å². The van der Waals surface area contributed by atoms with E-state index >= 15 is 0 Å². The van der Waals surface area contributed by atoms with Gasteiger partial charge in [-0.05, 0) is 225 Å². The molecule has 0 saturated carbocycles. The Kier molecular flexibility index (Phi) is 53.5. The van der Waals surface area contributed by atoms with Gasteiger partial charge in [0, 0.05) is 166 Å². The predicted molar refractivity (Wildman–Crippen MR) is 492 cm³/mol. The molecule has 0 fully saturated rings. The number of hydrogen-bond donors (Lipinski definition) is 1. The molecule has 1 amide bonds. The van der Waals surface area contributed by atoms with Crippen LogP contribution in [0.1, 0.15) is 144 Å². The van der Waals surface area contributed by atoms with Crippen molar-refractivity contribution in [3.63, 3.8) is 0 Å². The number of carbonyl (C=O) groups is 8. The van der Waals surface area contributed by atoms with Gasteiger partial charge in [0.2, 0.25) is 23.9 Å². The Labute approximate surface area is 894 Å². The summed E-state index contributed by atoms with van der Waals surface area (Å²) >= 11 is 8.86. The number of alkyl halides is 2. The fourth-order valence-corrected chi connectivity index (χ4v) is 13.2. The zero-order valence-electron chi connectivity index (χ0n) is 70.9. The number of hydrogen-bond acceptors (Lipinski definition) is 18. The zero-order chi connectivity index (χ0) is 90.2. The Bertz CT molecular complexity index is 6800. The molecule has 634 valence electrons. The molecular formula is C99H75BBr2ClK2N14NaO10S. The average Bonchev–Trinajstić information content (AvgIpc) is 1.64. The van der Waals surface area contributed by atoms with Crippen molar-refractivity contribution in [3.8, 4) is 30.3 Å². The number of aromatic nitrogens is 6. The Balaban J connectivity index is 0.000000526. The number of aryl methyl sites for hydroxylation is 1. The molecule has 6 aromatic carbocycles. The smallest absolute Gasteiger partial charge is 1.00 e. The maximum Gasteiger partial charge on any atom is 1.00 e. The Morgan fingerprint density at radius 1 is 0.527 bits per heavy atom. The Morgan fingerprint density at radius 3 is 1.38 bits per heavy atom. The molecule has 32 heteroatoms. The molecular weight excluding hydrogens is 1880 g/mol. The van der Waals surface area contributed by atoms with Crippen molar-refractivity contribution in [2.24, 2.45) is 0 Å². The van der Waals surface area contributed by atoms with Gasteiger partial charge in [-0.15, -0.1) is 11.6 Å². The summed E-state index contributed by atoms with van der Waals surface area (Å²) in [5, 5.41) is 62.1. The van der Waals surface area contributed by atoms with Crippen LogP contribution in [0.15, 0.2) is 316 Å². The van der Waals surface area contributed by atoms with Gasteiger partial charge in [0.05, 0.1) is 104 Å². The van der Waals surface area contributed by atoms with E-state index in [0.29, 0.717) is 113 Å². The third-order valence-electron chi connectivity index (χ3n) is 18.2. The van der Waals surface area contributed by atoms with Crippen molar-refractivity contribution in [1.82, 2.24) is 22.0 Å². The number of pyridine rings is 5. The Morgan fingerprint density at radius 2 is 0.931 bits per heavy atom. The van der Waals surface area contributed by atoms with Crippen molar-refractivity contribution < 1.29 is 151 Å². The third-order valence-corrected chi connectivity index (χ3v) is 19.5. The third kappa shape index (κ3) is 33.5. The molecule has 0 aliphatic heterocycles. The van der Waals surface area contributed by atoms with E-state index in [1.807, 2.05) is 197 Å². The minimum absolute atomic E-state index is 0. The molecule has 16 aromatic rings. The SMILES string of the molecule is C.CC(=O)c1cc(C(=O)c2ccc(C#N)cc2)n2ccccc12.CCl.Cc1cc(NC(=O)C(=O)c2cc(Cc3ccc(C#N)cc3)n3ccccc23)sn1.N#Cc1ccc(C(=O)C[n+]2ccccc2)cc1.N#Cc1ccc(C(=O)c2ccc3ccccn23)cc1.N#Cc1ccc(Cc2ccc3ccccn23)cc1.O=CO[O-].[B].[Br-].[C-]#N.[C-]#[N+]c1ccc(C(=O)CBr)cc1.[K+].[K].[Na+]. The molecule has 131 heavy (non-hydrogen) atoms. The molecule has 4 radical (unpaired) electrons. The number of nitriles is 5. The normalized spacial score (nSPS) is 9.30. The number of anilines is 1. The summed E-state index contributed by atoms with van der Waals surface area (Å²) in [5.74, 6) is -1.52. The minimum atomic E-state index is -0.685. The van der Waals surface area contributed by atoms with E-state index in [4.69, 9.17) is 54.8 Å². The molecule has 0 saturated heterocycles. The number of Topliss-reactive ketones (excluding diaryl/α,β-unsaturated/α-hetero) is 4. The molecule has 16 rings (SSSR count). The molecule has 1 N–H and O–H groups in total. The fourth-order valence-electron chi connectivity index (χ4n) is 12.2. The molecule has 0 aliphatic carbocycles. The number of benzene rings is 6. The van der Waals surface area contributed by atoms with Crippen LogP contribution in [-0.2, 0) is 33.9 Å². The topological polar surface area (TPSA) is 362 Å². The first-order valence-corrected chi connectivity index (χ1v) is 40.0. The standard InChI is InChI=1S/C22H16N4O2S.C18H12N2O2.C16H10N2O.C16H12N2.C14H11N2O.C9H6BrNO.CH3Cl.CN.CH2O3.CH4.B.BrH.2K.Na/c1-14-10-20(29-25-14)24-22(28)21(27)18-12-17(26-9-3-2-4-19(18)26)11-15-5-7-16(13-23)8-6-15;1-12(21)15-10-17(20-9-3-2-4-16(15)20)18(22)14-7-5-13(11-19)6-8-14;17-11-12-4-6-13(7-5-12)16(19)15-9-8-14-3-1-2-10-18(14)15;17-12-14-6-4-13(5-7-14)11-16-9-8-15-3-1-2-10-18(15)16;15-10-12-4-6-13(7-5-12)14(17)11-16-8-2-1-3-9-16;1-11-8-4-2-7(3-5-8)9(12)6-10;2*1-2;2-1-4-3;;;;;;/h2-10,12H,11H2,1H3,(H,24,28);2-10H,1H3;1-10H;1-10H,11H2;1-9H,11H2;2-5H,6H2;1H3;;1,3H;1H4;;1H;;;/q;;;;+1;;;-1;;;;;;2*+1/p-2. The molecule has 0 unspecified atom stereocenters. The van der Waals surface area contributed by atoms with Crippen LogP contribution in [0, 0.1) is 82.0 Å². The van der Waals surface area contributed by atoms with Gasteiger partial charge in [-0.2, -0.15) is 35.3 Å². The van der Waals surface area contributed by atoms with Crippen molar-refractivity contribution >= 4 is 179 Å². The number of nitrogens with one attached hydrogen (secondary N) is 1. The first kappa shape index (κ1) is 115. The van der Waals surface area contributed by atoms with Gasteiger partial charge in [-0.3, -0.25) is 38.4 Å². The van der Waals surface area contributed by atoms with E-state index in [0.717, 1.165) is 40.4 Å². The number of halogens is 3. The first-order chi connectivity index (χ1) is 60.8. The molecule has 0 aliphatic rings. The largest absolute Gasteiger partial charge is 1.00 e. The monoisotopic (exact) mass is 1960 g/mol. The molecule has 0 spiro atoms. The molecule has 0 atom stereocenters. The number of carbonyl (C=O) groups excluding carboxylic acids is 8. The van der Waals surface area contributed by atoms with Gasteiger partial charge >= 0.3 is 80.9 Å². The van der Waals surface area contributed by atoms with Crippen LogP contribution in [0.3, 0.4) is 0 Å². The van der Waals surface area contributed by atoms with Gasteiger partial charge in [0.25, 0.3) is 18.2 Å².